The van der Waals surface area contributed by atoms with Crippen LogP contribution in [0.1, 0.15) is 61.4 Å². The third-order valence-corrected chi connectivity index (χ3v) is 3.43. The van der Waals surface area contributed by atoms with Crippen LogP contribution in [0.15, 0.2) is 36.4 Å². The topological polar surface area (TPSA) is 54.4 Å². The molecule has 0 aliphatic rings. The lowest BCUT2D eigenvalue weighted by molar-refractivity contribution is -0.131. The first-order valence-electron chi connectivity index (χ1n) is 7.67. The summed E-state index contributed by atoms with van der Waals surface area (Å²) in [4.78, 5) is 22.0. The minimum Gasteiger partial charge on any atom is -0.478 e. The Bertz CT molecular complexity index is 472. The first-order valence-corrected chi connectivity index (χ1v) is 7.67. The molecule has 0 aliphatic carbocycles. The second-order valence-corrected chi connectivity index (χ2v) is 5.25. The van der Waals surface area contributed by atoms with Crippen LogP contribution in [0.2, 0.25) is 0 Å². The highest BCUT2D eigenvalue weighted by Gasteiger charge is 2.02. The number of unbranched alkanes of at least 4 members (excludes halogenated alkanes) is 5. The van der Waals surface area contributed by atoms with Crippen molar-refractivity contribution in [1.82, 2.24) is 0 Å². The van der Waals surface area contributed by atoms with Crippen molar-refractivity contribution >= 4 is 11.8 Å². The van der Waals surface area contributed by atoms with Crippen molar-refractivity contribution in [3.63, 3.8) is 0 Å². The van der Waals surface area contributed by atoms with Crippen LogP contribution in [0.25, 0.3) is 0 Å². The lowest BCUT2D eigenvalue weighted by atomic mass is 10.0. The quantitative estimate of drug-likeness (QED) is 0.394. The molecule has 0 saturated heterocycles. The predicted octanol–water partition coefficient (Wildman–Crippen LogP) is 4.41. The Balaban J connectivity index is 2.36. The summed E-state index contributed by atoms with van der Waals surface area (Å²) in [7, 11) is 0. The summed E-state index contributed by atoms with van der Waals surface area (Å²) in [5.41, 5.74) is 1.75. The summed E-state index contributed by atoms with van der Waals surface area (Å²) in [6.45, 7) is 2.22. The molecule has 0 radical (unpaired) electrons. The van der Waals surface area contributed by atoms with Crippen LogP contribution in [0.5, 0.6) is 0 Å². The van der Waals surface area contributed by atoms with Gasteiger partial charge in [0.2, 0.25) is 0 Å². The van der Waals surface area contributed by atoms with Crippen LogP contribution in [0, 0.1) is 0 Å². The Labute approximate surface area is 126 Å². The molecule has 0 aliphatic heterocycles. The number of carbonyl (C=O) groups is 2. The monoisotopic (exact) mass is 288 g/mol. The van der Waals surface area contributed by atoms with Gasteiger partial charge in [0.25, 0.3) is 0 Å². The van der Waals surface area contributed by atoms with Crippen molar-refractivity contribution in [3.8, 4) is 0 Å². The van der Waals surface area contributed by atoms with E-state index < -0.39 is 5.97 Å². The number of carboxylic acids is 1. The molecule has 21 heavy (non-hydrogen) atoms. The van der Waals surface area contributed by atoms with Gasteiger partial charge in [-0.15, -0.1) is 0 Å². The molecule has 0 unspecified atom stereocenters. The number of hydrogen-bond acceptors (Lipinski definition) is 2. The van der Waals surface area contributed by atoms with Gasteiger partial charge in [-0.3, -0.25) is 4.79 Å². The van der Waals surface area contributed by atoms with Gasteiger partial charge in [-0.25, -0.2) is 4.79 Å². The molecule has 0 aromatic heterocycles. The number of carboxylic acid groups (broad SMARTS) is 1. The van der Waals surface area contributed by atoms with Crippen molar-refractivity contribution in [3.05, 3.63) is 47.5 Å². The van der Waals surface area contributed by atoms with Crippen molar-refractivity contribution in [2.24, 2.45) is 0 Å². The fourth-order valence-electron chi connectivity index (χ4n) is 2.19. The van der Waals surface area contributed by atoms with E-state index in [-0.39, 0.29) is 5.78 Å². The number of ketones is 1. The van der Waals surface area contributed by atoms with Gasteiger partial charge in [-0.1, -0.05) is 63.3 Å². The van der Waals surface area contributed by atoms with Crippen molar-refractivity contribution in [2.75, 3.05) is 0 Å². The van der Waals surface area contributed by atoms with Crippen LogP contribution in [-0.2, 0) is 11.2 Å². The maximum absolute atomic E-state index is 11.7. The van der Waals surface area contributed by atoms with Gasteiger partial charge in [0.15, 0.2) is 5.78 Å². The number of rotatable bonds is 10. The van der Waals surface area contributed by atoms with E-state index in [0.717, 1.165) is 18.6 Å². The van der Waals surface area contributed by atoms with Gasteiger partial charge in [0.05, 0.1) is 0 Å². The van der Waals surface area contributed by atoms with Gasteiger partial charge in [-0.2, -0.15) is 0 Å². The summed E-state index contributed by atoms with van der Waals surface area (Å²) in [6, 6.07) is 7.43. The Morgan fingerprint density at radius 3 is 2.19 bits per heavy atom. The molecule has 3 heteroatoms. The first-order chi connectivity index (χ1) is 10.1. The SMILES string of the molecule is CCCCCCCCc1ccc(C(=O)/C=C/C(=O)O)cc1. The zero-order chi connectivity index (χ0) is 15.5. The molecule has 0 heterocycles. The highest BCUT2D eigenvalue weighted by molar-refractivity contribution is 6.06. The third-order valence-electron chi connectivity index (χ3n) is 3.43. The van der Waals surface area contributed by atoms with E-state index in [1.807, 2.05) is 12.1 Å². The molecule has 114 valence electrons. The summed E-state index contributed by atoms with van der Waals surface area (Å²) in [6.07, 6.45) is 10.6. The second kappa shape index (κ2) is 9.92. The van der Waals surface area contributed by atoms with Gasteiger partial charge in [0.1, 0.15) is 0 Å². The minimum absolute atomic E-state index is 0.275. The Morgan fingerprint density at radius 2 is 1.57 bits per heavy atom. The van der Waals surface area contributed by atoms with Crippen LogP contribution >= 0.6 is 0 Å². The molecule has 0 saturated carbocycles. The van der Waals surface area contributed by atoms with Gasteiger partial charge in [-0.05, 0) is 24.5 Å². The zero-order valence-corrected chi connectivity index (χ0v) is 12.7. The van der Waals surface area contributed by atoms with Crippen molar-refractivity contribution in [1.29, 1.82) is 0 Å². The number of carbonyl (C=O) groups excluding carboxylic acids is 1. The molecule has 0 fully saturated rings. The zero-order valence-electron chi connectivity index (χ0n) is 12.7. The molecule has 0 bridgehead atoms. The minimum atomic E-state index is -1.11. The molecule has 0 spiro atoms. The molecular weight excluding hydrogens is 264 g/mol. The molecule has 0 amide bonds. The fraction of sp³-hybridized carbons (Fsp3) is 0.444. The number of aliphatic carboxylic acids is 1. The number of allylic oxidation sites excluding steroid dienone is 1. The lowest BCUT2D eigenvalue weighted by Gasteiger charge is -2.03. The molecular formula is C18H24O3. The van der Waals surface area contributed by atoms with Crippen LogP contribution in [0.4, 0.5) is 0 Å². The van der Waals surface area contributed by atoms with E-state index >= 15 is 0 Å². The highest BCUT2D eigenvalue weighted by atomic mass is 16.4. The maximum atomic E-state index is 11.7. The van der Waals surface area contributed by atoms with Gasteiger partial charge < -0.3 is 5.11 Å². The molecule has 3 nitrogen and oxygen atoms in total. The van der Waals surface area contributed by atoms with E-state index in [2.05, 4.69) is 6.92 Å². The number of benzene rings is 1. The van der Waals surface area contributed by atoms with Crippen LogP contribution in [0.3, 0.4) is 0 Å². The first kappa shape index (κ1) is 17.2. The molecule has 1 aromatic rings. The van der Waals surface area contributed by atoms with E-state index in [9.17, 15) is 9.59 Å². The smallest absolute Gasteiger partial charge is 0.328 e. The van der Waals surface area contributed by atoms with E-state index in [1.165, 1.54) is 44.1 Å². The summed E-state index contributed by atoms with van der Waals surface area (Å²) >= 11 is 0. The highest BCUT2D eigenvalue weighted by Crippen LogP contribution is 2.11. The summed E-state index contributed by atoms with van der Waals surface area (Å²) < 4.78 is 0. The predicted molar refractivity (Wildman–Crippen MR) is 84.6 cm³/mol. The number of hydrogen-bond donors (Lipinski definition) is 1. The average molecular weight is 288 g/mol. The van der Waals surface area contributed by atoms with Crippen LogP contribution < -0.4 is 0 Å². The lowest BCUT2D eigenvalue weighted by Crippen LogP contribution is -1.97. The van der Waals surface area contributed by atoms with Crippen LogP contribution in [-0.4, -0.2) is 16.9 Å². The van der Waals surface area contributed by atoms with Gasteiger partial charge >= 0.3 is 5.97 Å². The summed E-state index contributed by atoms with van der Waals surface area (Å²) in [5, 5.41) is 8.49. The largest absolute Gasteiger partial charge is 0.478 e. The average Bonchev–Trinajstić information content (AvgIpc) is 2.49. The van der Waals surface area contributed by atoms with E-state index in [1.54, 1.807) is 12.1 Å². The normalized spacial score (nSPS) is 10.9. The molecule has 1 rings (SSSR count). The standard InChI is InChI=1S/C18H24O3/c1-2-3-4-5-6-7-8-15-9-11-16(12-10-15)17(19)13-14-18(20)21/h9-14H,2-8H2,1H3,(H,20,21)/b14-13+. The van der Waals surface area contributed by atoms with Gasteiger partial charge in [0, 0.05) is 11.6 Å². The fourth-order valence-corrected chi connectivity index (χ4v) is 2.19. The number of aryl methyl sites for hydroxylation is 1. The molecule has 0 atom stereocenters. The van der Waals surface area contributed by atoms with E-state index in [4.69, 9.17) is 5.11 Å². The summed E-state index contributed by atoms with van der Waals surface area (Å²) in [5.74, 6) is -1.38. The second-order valence-electron chi connectivity index (χ2n) is 5.25. The van der Waals surface area contributed by atoms with E-state index in [0.29, 0.717) is 5.56 Å². The Hall–Kier alpha value is -1.90. The maximum Gasteiger partial charge on any atom is 0.328 e. The molecule has 1 N–H and O–H groups in total. The Morgan fingerprint density at radius 1 is 0.952 bits per heavy atom. The third kappa shape index (κ3) is 7.45. The van der Waals surface area contributed by atoms with Crippen molar-refractivity contribution in [2.45, 2.75) is 51.9 Å². The Kier molecular flexibility index (Phi) is 8.10. The molecule has 1 aromatic carbocycles. The van der Waals surface area contributed by atoms with Crippen molar-refractivity contribution < 1.29 is 14.7 Å².